The maximum Gasteiger partial charge on any atom is 0.191 e. The van der Waals surface area contributed by atoms with Crippen molar-refractivity contribution in [2.24, 2.45) is 16.3 Å². The van der Waals surface area contributed by atoms with Gasteiger partial charge >= 0.3 is 0 Å². The molecule has 2 N–H and O–H groups in total. The summed E-state index contributed by atoms with van der Waals surface area (Å²) in [6.45, 7) is 5.71. The van der Waals surface area contributed by atoms with E-state index < -0.39 is 5.82 Å². The number of hydrogen-bond donors (Lipinski definition) is 2. The van der Waals surface area contributed by atoms with E-state index in [9.17, 15) is 8.78 Å². The molecule has 1 aliphatic heterocycles. The van der Waals surface area contributed by atoms with E-state index in [2.05, 4.69) is 29.5 Å². The smallest absolute Gasteiger partial charge is 0.191 e. The number of guanidine groups is 1. The Morgan fingerprint density at radius 3 is 2.84 bits per heavy atom. The Kier molecular flexibility index (Phi) is 6.64. The van der Waals surface area contributed by atoms with E-state index in [4.69, 9.17) is 4.74 Å². The van der Waals surface area contributed by atoms with Crippen LogP contribution in [-0.4, -0.2) is 38.3 Å². The van der Waals surface area contributed by atoms with Crippen LogP contribution < -0.4 is 10.6 Å². The molecule has 1 saturated carbocycles. The molecule has 0 aromatic heterocycles. The molecule has 2 fully saturated rings. The van der Waals surface area contributed by atoms with Crippen molar-refractivity contribution in [2.45, 2.75) is 38.8 Å². The Balaban J connectivity index is 0.00000225. The van der Waals surface area contributed by atoms with Gasteiger partial charge in [-0.15, -0.1) is 24.0 Å². The molecule has 25 heavy (non-hydrogen) atoms. The van der Waals surface area contributed by atoms with Gasteiger partial charge in [-0.2, -0.15) is 0 Å². The van der Waals surface area contributed by atoms with Crippen LogP contribution in [0.25, 0.3) is 0 Å². The van der Waals surface area contributed by atoms with Crippen LogP contribution in [0.3, 0.4) is 0 Å². The molecule has 7 heteroatoms. The zero-order valence-corrected chi connectivity index (χ0v) is 17.1. The third-order valence-corrected chi connectivity index (χ3v) is 5.31. The minimum atomic E-state index is -0.419. The summed E-state index contributed by atoms with van der Waals surface area (Å²) < 4.78 is 32.6. The lowest BCUT2D eigenvalue weighted by Crippen LogP contribution is -2.68. The van der Waals surface area contributed by atoms with Crippen molar-refractivity contribution >= 4 is 29.9 Å². The standard InChI is InChI=1S/C18H25F2N3O.HI/c1-18(2)15(13-7-9-24-16(13)18)23-17(21-3)22-8-6-11-10-12(19)4-5-14(11)20;/h4-5,10,13,15-16H,6-9H2,1-3H3,(H2,21,22,23);1H. The second-order valence-corrected chi connectivity index (χ2v) is 7.17. The zero-order chi connectivity index (χ0) is 17.3. The van der Waals surface area contributed by atoms with E-state index in [1.807, 2.05) is 0 Å². The van der Waals surface area contributed by atoms with Crippen molar-refractivity contribution < 1.29 is 13.5 Å². The first-order chi connectivity index (χ1) is 11.4. The molecule has 1 saturated heterocycles. The van der Waals surface area contributed by atoms with Crippen molar-refractivity contribution in [2.75, 3.05) is 20.2 Å². The number of nitrogens with zero attached hydrogens (tertiary/aromatic N) is 1. The first kappa shape index (κ1) is 20.4. The van der Waals surface area contributed by atoms with Gasteiger partial charge in [0.15, 0.2) is 5.96 Å². The fraction of sp³-hybridized carbons (Fsp3) is 0.611. The number of halogens is 3. The monoisotopic (exact) mass is 465 g/mol. The first-order valence-electron chi connectivity index (χ1n) is 8.46. The summed E-state index contributed by atoms with van der Waals surface area (Å²) in [6.07, 6.45) is 1.78. The van der Waals surface area contributed by atoms with Gasteiger partial charge in [0.05, 0.1) is 6.10 Å². The lowest BCUT2D eigenvalue weighted by Gasteiger charge is -2.54. The summed E-state index contributed by atoms with van der Waals surface area (Å²) >= 11 is 0. The summed E-state index contributed by atoms with van der Waals surface area (Å²) in [5.74, 6) is 0.402. The van der Waals surface area contributed by atoms with Crippen LogP contribution >= 0.6 is 24.0 Å². The topological polar surface area (TPSA) is 45.7 Å². The highest BCUT2D eigenvalue weighted by Gasteiger charge is 2.59. The fourth-order valence-corrected chi connectivity index (χ4v) is 4.01. The summed E-state index contributed by atoms with van der Waals surface area (Å²) in [5.41, 5.74) is 0.430. The normalized spacial score (nSPS) is 27.1. The van der Waals surface area contributed by atoms with Crippen molar-refractivity contribution in [1.82, 2.24) is 10.6 Å². The molecule has 0 amide bonds. The minimum Gasteiger partial charge on any atom is -0.377 e. The highest BCUT2D eigenvalue weighted by atomic mass is 127. The van der Waals surface area contributed by atoms with Crippen LogP contribution in [0.2, 0.25) is 0 Å². The third kappa shape index (κ3) is 4.07. The number of benzene rings is 1. The number of aliphatic imine (C=N–C) groups is 1. The molecule has 1 aromatic rings. The summed E-state index contributed by atoms with van der Waals surface area (Å²) in [4.78, 5) is 4.25. The van der Waals surface area contributed by atoms with Gasteiger partial charge in [-0.25, -0.2) is 8.78 Å². The molecule has 0 bridgehead atoms. The second kappa shape index (κ2) is 8.16. The molecule has 140 valence electrons. The largest absolute Gasteiger partial charge is 0.377 e. The van der Waals surface area contributed by atoms with E-state index in [1.165, 1.54) is 6.07 Å². The molecule has 2 aliphatic rings. The molecular formula is C18H26F2IN3O. The van der Waals surface area contributed by atoms with E-state index >= 15 is 0 Å². The lowest BCUT2D eigenvalue weighted by molar-refractivity contribution is -0.106. The molecule has 0 radical (unpaired) electrons. The van der Waals surface area contributed by atoms with E-state index in [0.29, 0.717) is 42.6 Å². The molecule has 0 spiro atoms. The Morgan fingerprint density at radius 2 is 2.12 bits per heavy atom. The summed E-state index contributed by atoms with van der Waals surface area (Å²) in [7, 11) is 1.71. The van der Waals surface area contributed by atoms with E-state index in [0.717, 1.165) is 25.2 Å². The molecular weight excluding hydrogens is 439 g/mol. The van der Waals surface area contributed by atoms with Gasteiger partial charge in [-0.05, 0) is 36.6 Å². The molecule has 3 rings (SSSR count). The van der Waals surface area contributed by atoms with Crippen LogP contribution in [0.15, 0.2) is 23.2 Å². The van der Waals surface area contributed by atoms with Crippen molar-refractivity contribution in [1.29, 1.82) is 0 Å². The van der Waals surface area contributed by atoms with Gasteiger partial charge in [-0.1, -0.05) is 13.8 Å². The third-order valence-electron chi connectivity index (χ3n) is 5.31. The summed E-state index contributed by atoms with van der Waals surface area (Å²) in [6, 6.07) is 3.84. The average molecular weight is 465 g/mol. The second-order valence-electron chi connectivity index (χ2n) is 7.17. The van der Waals surface area contributed by atoms with Gasteiger partial charge < -0.3 is 15.4 Å². The predicted octanol–water partition coefficient (Wildman–Crippen LogP) is 3.10. The molecule has 1 aromatic carbocycles. The Morgan fingerprint density at radius 1 is 1.36 bits per heavy atom. The van der Waals surface area contributed by atoms with Crippen molar-refractivity contribution in [3.8, 4) is 0 Å². The van der Waals surface area contributed by atoms with Crippen molar-refractivity contribution in [3.63, 3.8) is 0 Å². The van der Waals surface area contributed by atoms with Crippen LogP contribution in [0.1, 0.15) is 25.8 Å². The maximum atomic E-state index is 13.6. The highest BCUT2D eigenvalue weighted by Crippen LogP contribution is 2.52. The van der Waals surface area contributed by atoms with Crippen LogP contribution in [0.4, 0.5) is 8.78 Å². The van der Waals surface area contributed by atoms with Crippen molar-refractivity contribution in [3.05, 3.63) is 35.4 Å². The number of rotatable bonds is 4. The van der Waals surface area contributed by atoms with Gasteiger partial charge in [0.25, 0.3) is 0 Å². The lowest BCUT2D eigenvalue weighted by atomic mass is 9.57. The average Bonchev–Trinajstić information content (AvgIpc) is 3.00. The van der Waals surface area contributed by atoms with Gasteiger partial charge in [0, 0.05) is 37.6 Å². The number of nitrogens with one attached hydrogen (secondary N) is 2. The summed E-state index contributed by atoms with van der Waals surface area (Å²) in [5, 5.41) is 6.66. The Hall–Kier alpha value is -0.960. The maximum absolute atomic E-state index is 13.6. The number of ether oxygens (including phenoxy) is 1. The SMILES string of the molecule is CN=C(NCCc1cc(F)ccc1F)NC1C2CCOC2C1(C)C.I. The first-order valence-corrected chi connectivity index (χ1v) is 8.46. The Bertz CT molecular complexity index is 639. The molecule has 4 nitrogen and oxygen atoms in total. The van der Waals surface area contributed by atoms with E-state index in [1.54, 1.807) is 7.05 Å². The van der Waals surface area contributed by atoms with Gasteiger partial charge in [-0.3, -0.25) is 4.99 Å². The number of hydrogen-bond acceptors (Lipinski definition) is 2. The molecule has 3 atom stereocenters. The number of fused-ring (bicyclic) bond motifs is 1. The van der Waals surface area contributed by atoms with Crippen LogP contribution in [0, 0.1) is 23.0 Å². The molecule has 3 unspecified atom stereocenters. The van der Waals surface area contributed by atoms with Gasteiger partial charge in [0.2, 0.25) is 0 Å². The zero-order valence-electron chi connectivity index (χ0n) is 14.8. The quantitative estimate of drug-likeness (QED) is 0.408. The highest BCUT2D eigenvalue weighted by molar-refractivity contribution is 14.0. The van der Waals surface area contributed by atoms with Crippen LogP contribution in [-0.2, 0) is 11.2 Å². The fourth-order valence-electron chi connectivity index (χ4n) is 4.01. The predicted molar refractivity (Wildman–Crippen MR) is 105 cm³/mol. The van der Waals surface area contributed by atoms with Crippen LogP contribution in [0.5, 0.6) is 0 Å². The minimum absolute atomic E-state index is 0. The molecule has 1 aliphatic carbocycles. The van der Waals surface area contributed by atoms with E-state index in [-0.39, 0.29) is 35.2 Å². The van der Waals surface area contributed by atoms with Gasteiger partial charge in [0.1, 0.15) is 11.6 Å². The Labute approximate surface area is 164 Å². The molecule has 1 heterocycles.